The number of sulfone groups is 1. The quantitative estimate of drug-likeness (QED) is 0.213. The summed E-state index contributed by atoms with van der Waals surface area (Å²) in [5.74, 6) is -4.65. The summed E-state index contributed by atoms with van der Waals surface area (Å²) in [5.41, 5.74) is -1.45. The van der Waals surface area contributed by atoms with Gasteiger partial charge in [0.05, 0.1) is 16.2 Å². The number of esters is 1. The third-order valence-electron chi connectivity index (χ3n) is 9.16. The molecule has 1 saturated heterocycles. The van der Waals surface area contributed by atoms with Crippen molar-refractivity contribution in [2.24, 2.45) is 11.8 Å². The van der Waals surface area contributed by atoms with Gasteiger partial charge in [-0.15, -0.1) is 0 Å². The number of ether oxygens (including phenoxy) is 1. The fourth-order valence-corrected chi connectivity index (χ4v) is 8.23. The number of nitrogens with zero attached hydrogens (tertiary/aromatic N) is 2. The molecule has 0 bridgehead atoms. The molecule has 7 nitrogen and oxygen atoms in total. The fourth-order valence-electron chi connectivity index (χ4n) is 6.54. The Labute approximate surface area is 264 Å². The van der Waals surface area contributed by atoms with Gasteiger partial charge in [-0.2, -0.15) is 26.3 Å². The smallest absolute Gasteiger partial charge is 0.451 e. The number of halogens is 6. The van der Waals surface area contributed by atoms with E-state index in [-0.39, 0.29) is 41.3 Å². The molecule has 14 heteroatoms. The van der Waals surface area contributed by atoms with Crippen molar-refractivity contribution in [3.05, 3.63) is 65.7 Å². The van der Waals surface area contributed by atoms with Crippen LogP contribution >= 0.6 is 0 Å². The predicted octanol–water partition coefficient (Wildman–Crippen LogP) is 6.44. The highest BCUT2D eigenvalue weighted by Gasteiger charge is 2.47. The topological polar surface area (TPSA) is 84.0 Å². The zero-order valence-corrected chi connectivity index (χ0v) is 26.5. The molecule has 46 heavy (non-hydrogen) atoms. The first kappa shape index (κ1) is 35.7. The summed E-state index contributed by atoms with van der Waals surface area (Å²) < 4.78 is 111. The molecule has 0 radical (unpaired) electrons. The molecule has 5 atom stereocenters. The third kappa shape index (κ3) is 8.41. The Morgan fingerprint density at radius 2 is 1.67 bits per heavy atom. The summed E-state index contributed by atoms with van der Waals surface area (Å²) >= 11 is 0. The third-order valence-corrected chi connectivity index (χ3v) is 11.0. The van der Waals surface area contributed by atoms with Gasteiger partial charge in [0.25, 0.3) is 0 Å². The largest absolute Gasteiger partial charge is 0.490 e. The standard InChI is InChI=1S/C32H38F6N2O5S/c1-20(2)39(3)25-12-13-27(23(17-25)19-46(43,44)26-10-5-4-6-11-26)40-15-14-22(29(40)41)18-28(45-30(42)32(36,37)38)21-8-7-9-24(16-21)31(33,34)35/h4-11,16,20,22-23,25,27-28H,12-15,17-19H2,1-3H3/t22?,23-,25+,27-,28-/m0/s1. The van der Waals surface area contributed by atoms with Crippen LogP contribution in [-0.4, -0.2) is 73.7 Å². The fraction of sp³-hybridized carbons (Fsp3) is 0.562. The Morgan fingerprint density at radius 3 is 2.28 bits per heavy atom. The lowest BCUT2D eigenvalue weighted by molar-refractivity contribution is -0.206. The SMILES string of the molecule is CC(C)N(C)[C@@H]1CC[C@H](N2CCC(C[C@H](OC(=O)C(F)(F)F)c3cccc(C(F)(F)F)c3)C2=O)[C@H](CS(=O)(=O)c2ccccc2)C1. The molecule has 2 aromatic rings. The van der Waals surface area contributed by atoms with Gasteiger partial charge in [0.15, 0.2) is 9.84 Å². The Hall–Kier alpha value is -3.13. The molecule has 1 saturated carbocycles. The Morgan fingerprint density at radius 1 is 1.00 bits per heavy atom. The molecule has 2 fully saturated rings. The van der Waals surface area contributed by atoms with E-state index in [2.05, 4.69) is 9.64 Å². The average molecular weight is 677 g/mol. The minimum Gasteiger partial charge on any atom is -0.451 e. The maximum atomic E-state index is 13.8. The molecule has 0 N–H and O–H groups in total. The summed E-state index contributed by atoms with van der Waals surface area (Å²) in [6, 6.07) is 11.2. The molecular formula is C32H38F6N2O5S. The van der Waals surface area contributed by atoms with Crippen LogP contribution in [0.15, 0.2) is 59.5 Å². The molecule has 4 rings (SSSR count). The molecule has 2 aromatic carbocycles. The molecule has 1 aliphatic heterocycles. The van der Waals surface area contributed by atoms with Gasteiger partial charge in [0, 0.05) is 37.0 Å². The first-order chi connectivity index (χ1) is 21.4. The Balaban J connectivity index is 1.59. The zero-order chi connectivity index (χ0) is 34.0. The average Bonchev–Trinajstić information content (AvgIpc) is 3.34. The molecule has 1 amide bonds. The number of likely N-dealkylation sites (tertiary alicyclic amines) is 1. The first-order valence-electron chi connectivity index (χ1n) is 15.1. The molecule has 1 unspecified atom stereocenters. The number of hydrogen-bond donors (Lipinski definition) is 0. The van der Waals surface area contributed by atoms with Gasteiger partial charge in [-0.25, -0.2) is 13.2 Å². The summed E-state index contributed by atoms with van der Waals surface area (Å²) in [5, 5.41) is 0. The number of carbonyl (C=O) groups excluding carboxylic acids is 2. The van der Waals surface area contributed by atoms with Gasteiger partial charge in [0.2, 0.25) is 5.91 Å². The van der Waals surface area contributed by atoms with E-state index in [9.17, 15) is 44.3 Å². The van der Waals surface area contributed by atoms with Crippen LogP contribution in [0.5, 0.6) is 0 Å². The highest BCUT2D eigenvalue weighted by atomic mass is 32.2. The van der Waals surface area contributed by atoms with Crippen LogP contribution in [0.3, 0.4) is 0 Å². The first-order valence-corrected chi connectivity index (χ1v) is 16.8. The monoisotopic (exact) mass is 676 g/mol. The van der Waals surface area contributed by atoms with Crippen molar-refractivity contribution in [3.8, 4) is 0 Å². The van der Waals surface area contributed by atoms with Gasteiger partial charge >= 0.3 is 18.3 Å². The summed E-state index contributed by atoms with van der Waals surface area (Å²) in [6.45, 7) is 4.24. The number of benzene rings is 2. The van der Waals surface area contributed by atoms with Crippen LogP contribution in [0.25, 0.3) is 0 Å². The molecule has 2 aliphatic rings. The van der Waals surface area contributed by atoms with Crippen molar-refractivity contribution in [1.82, 2.24) is 9.80 Å². The minimum atomic E-state index is -5.40. The second-order valence-corrected chi connectivity index (χ2v) is 14.5. The van der Waals surface area contributed by atoms with Crippen LogP contribution in [0.4, 0.5) is 26.3 Å². The lowest BCUT2D eigenvalue weighted by Crippen LogP contribution is -2.51. The van der Waals surface area contributed by atoms with Crippen molar-refractivity contribution in [2.45, 2.75) is 87.4 Å². The van der Waals surface area contributed by atoms with Crippen molar-refractivity contribution >= 4 is 21.7 Å². The number of rotatable bonds is 10. The maximum absolute atomic E-state index is 13.8. The Bertz CT molecular complexity index is 1480. The van der Waals surface area contributed by atoms with Crippen LogP contribution in [0.2, 0.25) is 0 Å². The van der Waals surface area contributed by atoms with Crippen molar-refractivity contribution < 1.29 is 49.1 Å². The molecule has 1 aliphatic carbocycles. The number of amides is 1. The number of carbonyl (C=O) groups is 2. The van der Waals surface area contributed by atoms with Crippen molar-refractivity contribution in [2.75, 3.05) is 19.3 Å². The normalized spacial score (nSPS) is 23.6. The Kier molecular flexibility index (Phi) is 10.8. The lowest BCUT2D eigenvalue weighted by atomic mass is 9.80. The molecule has 0 aromatic heterocycles. The lowest BCUT2D eigenvalue weighted by Gasteiger charge is -2.44. The predicted molar refractivity (Wildman–Crippen MR) is 157 cm³/mol. The van der Waals surface area contributed by atoms with Crippen molar-refractivity contribution in [3.63, 3.8) is 0 Å². The summed E-state index contributed by atoms with van der Waals surface area (Å²) in [4.78, 5) is 29.5. The van der Waals surface area contributed by atoms with E-state index in [1.807, 2.05) is 20.9 Å². The molecule has 254 valence electrons. The number of hydrogen-bond acceptors (Lipinski definition) is 6. The van der Waals surface area contributed by atoms with Gasteiger partial charge in [-0.05, 0) is 82.3 Å². The molecule has 0 spiro atoms. The zero-order valence-electron chi connectivity index (χ0n) is 25.7. The van der Waals surface area contributed by atoms with E-state index in [0.717, 1.165) is 18.2 Å². The van der Waals surface area contributed by atoms with Crippen LogP contribution in [0, 0.1) is 11.8 Å². The maximum Gasteiger partial charge on any atom is 0.490 e. The molecular weight excluding hydrogens is 638 g/mol. The summed E-state index contributed by atoms with van der Waals surface area (Å²) in [6.07, 6.45) is -10.6. The second-order valence-electron chi connectivity index (χ2n) is 12.4. The van der Waals surface area contributed by atoms with Crippen LogP contribution in [0.1, 0.15) is 63.2 Å². The highest BCUT2D eigenvalue weighted by Crippen LogP contribution is 2.40. The summed E-state index contributed by atoms with van der Waals surface area (Å²) in [7, 11) is -1.77. The number of alkyl halides is 6. The van der Waals surface area contributed by atoms with E-state index < -0.39 is 70.0 Å². The van der Waals surface area contributed by atoms with Crippen LogP contribution < -0.4 is 0 Å². The van der Waals surface area contributed by atoms with E-state index in [1.165, 1.54) is 12.1 Å². The molecule has 1 heterocycles. The van der Waals surface area contributed by atoms with E-state index in [4.69, 9.17) is 0 Å². The van der Waals surface area contributed by atoms with Gasteiger partial charge < -0.3 is 14.5 Å². The van der Waals surface area contributed by atoms with E-state index in [0.29, 0.717) is 25.3 Å². The highest BCUT2D eigenvalue weighted by molar-refractivity contribution is 7.91. The van der Waals surface area contributed by atoms with Gasteiger partial charge in [-0.1, -0.05) is 30.3 Å². The van der Waals surface area contributed by atoms with E-state index >= 15 is 0 Å². The van der Waals surface area contributed by atoms with Gasteiger partial charge in [-0.3, -0.25) is 4.79 Å². The minimum absolute atomic E-state index is 0.0628. The van der Waals surface area contributed by atoms with E-state index in [1.54, 1.807) is 23.1 Å². The van der Waals surface area contributed by atoms with Gasteiger partial charge in [0.1, 0.15) is 6.10 Å². The van der Waals surface area contributed by atoms with Crippen molar-refractivity contribution in [1.29, 1.82) is 0 Å². The second kappa shape index (κ2) is 13.9. The van der Waals surface area contributed by atoms with Crippen LogP contribution in [-0.2, 0) is 30.3 Å².